The molecule has 2 aromatic carbocycles. The average Bonchev–Trinajstić information content (AvgIpc) is 2.61. The number of hydrazone groups is 1. The zero-order valence-corrected chi connectivity index (χ0v) is 13.3. The minimum atomic E-state index is -5.63. The predicted octanol–water partition coefficient (Wildman–Crippen LogP) is 4.49. The van der Waals surface area contributed by atoms with Crippen molar-refractivity contribution in [1.82, 2.24) is 0 Å². The van der Waals surface area contributed by atoms with Gasteiger partial charge in [-0.05, 0) is 17.7 Å². The fraction of sp³-hybridized carbons (Fsp3) is 0.125. The van der Waals surface area contributed by atoms with E-state index in [4.69, 9.17) is 0 Å². The summed E-state index contributed by atoms with van der Waals surface area (Å²) in [5.74, 6) is -10.4. The van der Waals surface area contributed by atoms with Crippen LogP contribution in [0.25, 0.3) is 0 Å². The molecule has 0 radical (unpaired) electrons. The lowest BCUT2D eigenvalue weighted by atomic mass is 10.1. The Bertz CT molecular complexity index is 864. The summed E-state index contributed by atoms with van der Waals surface area (Å²) in [6, 6.07) is 5.40. The molecule has 0 bridgehead atoms. The van der Waals surface area contributed by atoms with Gasteiger partial charge in [-0.3, -0.25) is 5.43 Å². The molecule has 0 aliphatic carbocycles. The Hall–Kier alpha value is -3.11. The zero-order chi connectivity index (χ0) is 20.4. The molecule has 0 saturated carbocycles. The molecule has 0 heterocycles. The molecule has 2 rings (SSSR count). The first-order chi connectivity index (χ1) is 12.6. The van der Waals surface area contributed by atoms with Crippen LogP contribution in [0.2, 0.25) is 0 Å². The van der Waals surface area contributed by atoms with E-state index in [9.17, 15) is 35.5 Å². The summed E-state index contributed by atoms with van der Waals surface area (Å²) in [6.45, 7) is 0. The summed E-state index contributed by atoms with van der Waals surface area (Å²) in [4.78, 5) is 11.3. The average molecular weight is 394 g/mol. The van der Waals surface area contributed by atoms with Crippen LogP contribution < -0.4 is 5.43 Å². The maximum absolute atomic E-state index is 13.7. The van der Waals surface area contributed by atoms with Crippen molar-refractivity contribution in [1.29, 1.82) is 0 Å². The van der Waals surface area contributed by atoms with Gasteiger partial charge in [0.25, 0.3) is 0 Å². The topological polar surface area (TPSA) is 50.7 Å². The molecule has 1 N–H and O–H groups in total. The zero-order valence-electron chi connectivity index (χ0n) is 13.3. The monoisotopic (exact) mass is 394 g/mol. The summed E-state index contributed by atoms with van der Waals surface area (Å²) in [5.41, 5.74) is -2.09. The molecule has 0 spiro atoms. The van der Waals surface area contributed by atoms with E-state index in [1.807, 2.05) is 0 Å². The van der Waals surface area contributed by atoms with Crippen molar-refractivity contribution in [2.45, 2.75) is 6.18 Å². The van der Waals surface area contributed by atoms with Crippen molar-refractivity contribution < 1.29 is 40.3 Å². The minimum Gasteiger partial charge on any atom is -0.465 e. The van der Waals surface area contributed by atoms with Crippen molar-refractivity contribution in [3.63, 3.8) is 0 Å². The number of benzene rings is 2. The van der Waals surface area contributed by atoms with Crippen LogP contribution in [0.1, 0.15) is 21.5 Å². The number of methoxy groups -OCH3 is 1. The van der Waals surface area contributed by atoms with Crippen molar-refractivity contribution in [2.75, 3.05) is 12.5 Å². The molecule has 27 heavy (non-hydrogen) atoms. The number of nitrogens with one attached hydrogen (secondary N) is 1. The molecule has 4 nitrogen and oxygen atoms in total. The van der Waals surface area contributed by atoms with Gasteiger partial charge in [-0.2, -0.15) is 18.3 Å². The maximum Gasteiger partial charge on any atom is 0.422 e. The van der Waals surface area contributed by atoms with Gasteiger partial charge in [-0.25, -0.2) is 22.4 Å². The van der Waals surface area contributed by atoms with Crippen LogP contribution in [0, 0.1) is 23.3 Å². The lowest BCUT2D eigenvalue weighted by Gasteiger charge is -2.13. The molecular formula is C16H9F7N2O2. The normalized spacial score (nSPS) is 11.7. The van der Waals surface area contributed by atoms with Crippen LogP contribution in [-0.2, 0) is 10.9 Å². The lowest BCUT2D eigenvalue weighted by molar-refractivity contribution is -0.143. The Kier molecular flexibility index (Phi) is 5.72. The number of carbonyl (C=O) groups excluding carboxylic acids is 1. The number of hydrogen-bond donors (Lipinski definition) is 1. The molecule has 0 aromatic heterocycles. The SMILES string of the molecule is COC(=O)c1ccc(/C=N/Nc2c(F)c(F)c(C(F)(F)F)c(F)c2F)cc1. The van der Waals surface area contributed by atoms with Crippen LogP contribution in [0.15, 0.2) is 29.4 Å². The van der Waals surface area contributed by atoms with Gasteiger partial charge in [0.15, 0.2) is 23.3 Å². The maximum atomic E-state index is 13.7. The summed E-state index contributed by atoms with van der Waals surface area (Å²) in [7, 11) is 1.17. The number of hydrogen-bond acceptors (Lipinski definition) is 4. The Morgan fingerprint density at radius 3 is 1.96 bits per heavy atom. The molecule has 0 fully saturated rings. The van der Waals surface area contributed by atoms with Crippen molar-refractivity contribution in [3.05, 3.63) is 64.2 Å². The number of carbonyl (C=O) groups is 1. The largest absolute Gasteiger partial charge is 0.465 e. The summed E-state index contributed by atoms with van der Waals surface area (Å²) in [5, 5.41) is 3.32. The molecule has 0 atom stereocenters. The van der Waals surface area contributed by atoms with Crippen LogP contribution in [0.3, 0.4) is 0 Å². The van der Waals surface area contributed by atoms with Gasteiger partial charge in [0, 0.05) is 0 Å². The highest BCUT2D eigenvalue weighted by Gasteiger charge is 2.42. The highest BCUT2D eigenvalue weighted by Crippen LogP contribution is 2.38. The molecule has 11 heteroatoms. The Morgan fingerprint density at radius 2 is 1.52 bits per heavy atom. The highest BCUT2D eigenvalue weighted by molar-refractivity contribution is 5.90. The third-order valence-electron chi connectivity index (χ3n) is 3.27. The summed E-state index contributed by atoms with van der Waals surface area (Å²) >= 11 is 0. The van der Waals surface area contributed by atoms with Gasteiger partial charge in [0.05, 0.1) is 18.9 Å². The van der Waals surface area contributed by atoms with Crippen LogP contribution >= 0.6 is 0 Å². The van der Waals surface area contributed by atoms with E-state index in [1.165, 1.54) is 31.4 Å². The third kappa shape index (κ3) is 4.18. The molecule has 2 aromatic rings. The van der Waals surface area contributed by atoms with E-state index in [-0.39, 0.29) is 5.56 Å². The number of nitrogens with zero attached hydrogens (tertiary/aromatic N) is 1. The van der Waals surface area contributed by atoms with Crippen molar-refractivity contribution in [2.24, 2.45) is 5.10 Å². The molecule has 144 valence electrons. The van der Waals surface area contributed by atoms with Crippen molar-refractivity contribution >= 4 is 17.9 Å². The number of anilines is 1. The second-order valence-electron chi connectivity index (χ2n) is 4.99. The lowest BCUT2D eigenvalue weighted by Crippen LogP contribution is -2.16. The van der Waals surface area contributed by atoms with Crippen molar-refractivity contribution in [3.8, 4) is 0 Å². The summed E-state index contributed by atoms with van der Waals surface area (Å²) < 4.78 is 96.2. The fourth-order valence-corrected chi connectivity index (χ4v) is 1.97. The van der Waals surface area contributed by atoms with E-state index in [1.54, 1.807) is 5.43 Å². The van der Waals surface area contributed by atoms with Crippen LogP contribution in [0.4, 0.5) is 36.4 Å². The number of ether oxygens (including phenoxy) is 1. The first-order valence-corrected chi connectivity index (χ1v) is 6.98. The van der Waals surface area contributed by atoms with Gasteiger partial charge in [-0.1, -0.05) is 12.1 Å². The van der Waals surface area contributed by atoms with Crippen LogP contribution in [0.5, 0.6) is 0 Å². The Morgan fingerprint density at radius 1 is 1.00 bits per heavy atom. The van der Waals surface area contributed by atoms with E-state index in [0.29, 0.717) is 5.56 Å². The number of rotatable bonds is 4. The fourth-order valence-electron chi connectivity index (χ4n) is 1.97. The minimum absolute atomic E-state index is 0.201. The number of halogens is 7. The van der Waals surface area contributed by atoms with E-state index < -0.39 is 46.7 Å². The predicted molar refractivity (Wildman–Crippen MR) is 80.3 cm³/mol. The third-order valence-corrected chi connectivity index (χ3v) is 3.27. The first kappa shape index (κ1) is 20.2. The molecule has 0 amide bonds. The van der Waals surface area contributed by atoms with E-state index >= 15 is 0 Å². The first-order valence-electron chi connectivity index (χ1n) is 6.98. The molecular weight excluding hydrogens is 385 g/mol. The second-order valence-corrected chi connectivity index (χ2v) is 4.99. The van der Waals surface area contributed by atoms with Gasteiger partial charge in [0.1, 0.15) is 11.3 Å². The summed E-state index contributed by atoms with van der Waals surface area (Å²) in [6.07, 6.45) is -4.67. The van der Waals surface area contributed by atoms with Gasteiger partial charge in [0.2, 0.25) is 0 Å². The number of alkyl halides is 3. The van der Waals surface area contributed by atoms with E-state index in [2.05, 4.69) is 9.84 Å². The molecule has 0 unspecified atom stereocenters. The highest BCUT2D eigenvalue weighted by atomic mass is 19.4. The van der Waals surface area contributed by atoms with Crippen LogP contribution in [-0.4, -0.2) is 19.3 Å². The Balaban J connectivity index is 2.28. The second kappa shape index (κ2) is 7.64. The number of esters is 1. The quantitative estimate of drug-likeness (QED) is 0.273. The molecule has 0 saturated heterocycles. The van der Waals surface area contributed by atoms with Gasteiger partial charge in [-0.15, -0.1) is 0 Å². The molecule has 0 aliphatic heterocycles. The Labute approximate surface area is 147 Å². The van der Waals surface area contributed by atoms with Gasteiger partial charge < -0.3 is 4.74 Å². The standard InChI is InChI=1S/C16H9F7N2O2/c1-27-15(26)8-4-2-7(3-5-8)6-24-25-14-12(19)10(17)9(16(21,22)23)11(18)13(14)20/h2-6,25H,1H3/b24-6+. The van der Waals surface area contributed by atoms with Gasteiger partial charge >= 0.3 is 12.1 Å². The van der Waals surface area contributed by atoms with E-state index in [0.717, 1.165) is 6.21 Å². The smallest absolute Gasteiger partial charge is 0.422 e. The molecule has 0 aliphatic rings.